The summed E-state index contributed by atoms with van der Waals surface area (Å²) in [7, 11) is 1.79. The van der Waals surface area contributed by atoms with Gasteiger partial charge >= 0.3 is 0 Å². The van der Waals surface area contributed by atoms with Crippen LogP contribution in [0.25, 0.3) is 0 Å². The van der Waals surface area contributed by atoms with Crippen molar-refractivity contribution in [3.8, 4) is 5.75 Å². The lowest BCUT2D eigenvalue weighted by Crippen LogP contribution is -2.42. The summed E-state index contributed by atoms with van der Waals surface area (Å²) in [5.74, 6) is 1.76. The molecule has 2 aromatic rings. The Balaban J connectivity index is 0.00000208. The van der Waals surface area contributed by atoms with E-state index in [0.717, 1.165) is 37.8 Å². The Kier molecular flexibility index (Phi) is 6.89. The van der Waals surface area contributed by atoms with Gasteiger partial charge in [-0.25, -0.2) is 0 Å². The molecule has 0 aliphatic carbocycles. The standard InChI is InChI=1S/C17H23N5O.HI/c1-13-11-20-22(12-13)9-8-19-17(18-2)21-15-7-10-23-16-6-4-3-5-14(15)16;/h3-6,11-12,15H,7-10H2,1-2H3,(H2,18,19,21);1H. The number of hydrogen-bond donors (Lipinski definition) is 2. The van der Waals surface area contributed by atoms with E-state index in [2.05, 4.69) is 26.8 Å². The van der Waals surface area contributed by atoms with Crippen LogP contribution in [0, 0.1) is 6.92 Å². The first-order chi connectivity index (χ1) is 11.3. The van der Waals surface area contributed by atoms with E-state index in [-0.39, 0.29) is 30.0 Å². The summed E-state index contributed by atoms with van der Waals surface area (Å²) < 4.78 is 7.63. The molecule has 0 spiro atoms. The van der Waals surface area contributed by atoms with Gasteiger partial charge in [0.15, 0.2) is 5.96 Å². The van der Waals surface area contributed by atoms with Gasteiger partial charge in [-0.15, -0.1) is 24.0 Å². The van der Waals surface area contributed by atoms with Crippen molar-refractivity contribution < 1.29 is 4.74 Å². The van der Waals surface area contributed by atoms with Crippen molar-refractivity contribution in [1.82, 2.24) is 20.4 Å². The smallest absolute Gasteiger partial charge is 0.191 e. The van der Waals surface area contributed by atoms with Gasteiger partial charge in [0.25, 0.3) is 0 Å². The summed E-state index contributed by atoms with van der Waals surface area (Å²) in [5.41, 5.74) is 2.36. The second-order valence-corrected chi connectivity index (χ2v) is 5.65. The number of hydrogen-bond acceptors (Lipinski definition) is 3. The fourth-order valence-corrected chi connectivity index (χ4v) is 2.73. The van der Waals surface area contributed by atoms with Crippen LogP contribution in [-0.4, -0.2) is 35.9 Å². The summed E-state index contributed by atoms with van der Waals surface area (Å²) in [4.78, 5) is 4.32. The molecule has 1 aliphatic heterocycles. The number of ether oxygens (including phenoxy) is 1. The van der Waals surface area contributed by atoms with Crippen LogP contribution in [0.15, 0.2) is 41.7 Å². The van der Waals surface area contributed by atoms with Crippen molar-refractivity contribution in [1.29, 1.82) is 0 Å². The minimum absolute atomic E-state index is 0. The molecule has 0 saturated heterocycles. The third kappa shape index (κ3) is 4.62. The molecule has 1 aromatic heterocycles. The van der Waals surface area contributed by atoms with Crippen LogP contribution in [0.5, 0.6) is 5.75 Å². The van der Waals surface area contributed by atoms with Gasteiger partial charge in [0, 0.05) is 31.8 Å². The predicted octanol–water partition coefficient (Wildman–Crippen LogP) is 2.50. The number of guanidine groups is 1. The maximum atomic E-state index is 5.70. The topological polar surface area (TPSA) is 63.5 Å². The zero-order valence-electron chi connectivity index (χ0n) is 14.0. The van der Waals surface area contributed by atoms with Crippen molar-refractivity contribution in [3.63, 3.8) is 0 Å². The van der Waals surface area contributed by atoms with Crippen LogP contribution >= 0.6 is 24.0 Å². The number of fused-ring (bicyclic) bond motifs is 1. The number of aliphatic imine (C=N–C) groups is 1. The Bertz CT molecular complexity index is 685. The molecule has 3 rings (SSSR count). The first kappa shape index (κ1) is 18.6. The summed E-state index contributed by atoms with van der Waals surface area (Å²) >= 11 is 0. The zero-order chi connectivity index (χ0) is 16.1. The molecule has 1 atom stereocenters. The van der Waals surface area contributed by atoms with Crippen molar-refractivity contribution in [2.75, 3.05) is 20.2 Å². The number of aryl methyl sites for hydroxylation is 1. The van der Waals surface area contributed by atoms with E-state index in [1.807, 2.05) is 42.2 Å². The summed E-state index contributed by atoms with van der Waals surface area (Å²) in [5, 5.41) is 11.1. The van der Waals surface area contributed by atoms with Crippen LogP contribution in [0.2, 0.25) is 0 Å². The molecule has 1 aliphatic rings. The van der Waals surface area contributed by atoms with Crippen LogP contribution in [0.1, 0.15) is 23.6 Å². The molecule has 7 heteroatoms. The Hall–Kier alpha value is -1.77. The van der Waals surface area contributed by atoms with Gasteiger partial charge in [-0.05, 0) is 18.6 Å². The maximum Gasteiger partial charge on any atom is 0.191 e. The quantitative estimate of drug-likeness (QED) is 0.435. The Labute approximate surface area is 159 Å². The van der Waals surface area contributed by atoms with Crippen LogP contribution in [0.3, 0.4) is 0 Å². The molecule has 2 N–H and O–H groups in total. The molecular weight excluding hydrogens is 417 g/mol. The molecule has 2 heterocycles. The van der Waals surface area contributed by atoms with Crippen molar-refractivity contribution in [2.24, 2.45) is 4.99 Å². The molecule has 0 fully saturated rings. The van der Waals surface area contributed by atoms with Gasteiger partial charge in [0.1, 0.15) is 5.75 Å². The maximum absolute atomic E-state index is 5.70. The number of benzene rings is 1. The average Bonchev–Trinajstić information content (AvgIpc) is 2.99. The van der Waals surface area contributed by atoms with Crippen LogP contribution in [-0.2, 0) is 6.54 Å². The number of nitrogens with zero attached hydrogens (tertiary/aromatic N) is 3. The van der Waals surface area contributed by atoms with Crippen molar-refractivity contribution >= 4 is 29.9 Å². The summed E-state index contributed by atoms with van der Waals surface area (Å²) in [6, 6.07) is 8.38. The van der Waals surface area contributed by atoms with Gasteiger partial charge in [0.2, 0.25) is 0 Å². The molecule has 0 saturated carbocycles. The second kappa shape index (κ2) is 8.91. The third-order valence-electron chi connectivity index (χ3n) is 3.89. The van der Waals surface area contributed by atoms with Gasteiger partial charge in [-0.1, -0.05) is 18.2 Å². The van der Waals surface area contributed by atoms with Gasteiger partial charge in [0.05, 0.1) is 25.4 Å². The molecule has 24 heavy (non-hydrogen) atoms. The fraction of sp³-hybridized carbons (Fsp3) is 0.412. The summed E-state index contributed by atoms with van der Waals surface area (Å²) in [6.07, 6.45) is 4.83. The Morgan fingerprint density at radius 3 is 3.00 bits per heavy atom. The molecule has 0 bridgehead atoms. The Morgan fingerprint density at radius 2 is 2.25 bits per heavy atom. The highest BCUT2D eigenvalue weighted by molar-refractivity contribution is 14.0. The number of nitrogens with one attached hydrogen (secondary N) is 2. The second-order valence-electron chi connectivity index (χ2n) is 5.65. The third-order valence-corrected chi connectivity index (χ3v) is 3.89. The van der Waals surface area contributed by atoms with Gasteiger partial charge in [-0.3, -0.25) is 9.67 Å². The number of halogens is 1. The number of aromatic nitrogens is 2. The van der Waals surface area contributed by atoms with E-state index in [4.69, 9.17) is 4.74 Å². The number of para-hydroxylation sites is 1. The van der Waals surface area contributed by atoms with Crippen LogP contribution < -0.4 is 15.4 Å². The lowest BCUT2D eigenvalue weighted by Gasteiger charge is -2.28. The van der Waals surface area contributed by atoms with Crippen LogP contribution in [0.4, 0.5) is 0 Å². The Morgan fingerprint density at radius 1 is 1.42 bits per heavy atom. The largest absolute Gasteiger partial charge is 0.493 e. The molecular formula is C17H24IN5O. The van der Waals surface area contributed by atoms with E-state index < -0.39 is 0 Å². The highest BCUT2D eigenvalue weighted by Crippen LogP contribution is 2.31. The first-order valence-corrected chi connectivity index (χ1v) is 7.94. The molecule has 0 amide bonds. The monoisotopic (exact) mass is 441 g/mol. The molecule has 130 valence electrons. The van der Waals surface area contributed by atoms with E-state index in [9.17, 15) is 0 Å². The number of rotatable bonds is 4. The lowest BCUT2D eigenvalue weighted by atomic mass is 10.0. The van der Waals surface area contributed by atoms with Crippen molar-refractivity contribution in [2.45, 2.75) is 25.9 Å². The van der Waals surface area contributed by atoms with Crippen molar-refractivity contribution in [3.05, 3.63) is 47.8 Å². The van der Waals surface area contributed by atoms with Gasteiger partial charge in [-0.2, -0.15) is 5.10 Å². The normalized spacial score (nSPS) is 16.6. The molecule has 1 aromatic carbocycles. The minimum atomic E-state index is 0. The highest BCUT2D eigenvalue weighted by Gasteiger charge is 2.21. The van der Waals surface area contributed by atoms with Gasteiger partial charge < -0.3 is 15.4 Å². The summed E-state index contributed by atoms with van der Waals surface area (Å²) in [6.45, 7) is 4.34. The average molecular weight is 441 g/mol. The SMILES string of the molecule is CN=C(NCCn1cc(C)cn1)NC1CCOc2ccccc21.I. The molecule has 6 nitrogen and oxygen atoms in total. The van der Waals surface area contributed by atoms with E-state index in [0.29, 0.717) is 0 Å². The van der Waals surface area contributed by atoms with E-state index >= 15 is 0 Å². The zero-order valence-corrected chi connectivity index (χ0v) is 16.4. The minimum Gasteiger partial charge on any atom is -0.493 e. The van der Waals surface area contributed by atoms with E-state index in [1.165, 1.54) is 11.1 Å². The predicted molar refractivity (Wildman–Crippen MR) is 106 cm³/mol. The molecule has 1 unspecified atom stereocenters. The molecule has 0 radical (unpaired) electrons. The van der Waals surface area contributed by atoms with E-state index in [1.54, 1.807) is 7.05 Å². The first-order valence-electron chi connectivity index (χ1n) is 7.94. The fourth-order valence-electron chi connectivity index (χ4n) is 2.73. The highest BCUT2D eigenvalue weighted by atomic mass is 127. The lowest BCUT2D eigenvalue weighted by molar-refractivity contribution is 0.261.